The van der Waals surface area contributed by atoms with Crippen molar-refractivity contribution in [3.8, 4) is 11.3 Å². The smallest absolute Gasteiger partial charge is 0.223 e. The van der Waals surface area contributed by atoms with Gasteiger partial charge in [-0.3, -0.25) is 4.79 Å². The maximum absolute atomic E-state index is 12.5. The number of rotatable bonds is 6. The van der Waals surface area contributed by atoms with Crippen molar-refractivity contribution in [3.63, 3.8) is 0 Å². The van der Waals surface area contributed by atoms with Gasteiger partial charge in [-0.15, -0.1) is 16.9 Å². The van der Waals surface area contributed by atoms with E-state index in [1.807, 2.05) is 64.3 Å². The van der Waals surface area contributed by atoms with E-state index in [9.17, 15) is 4.79 Å². The fraction of sp³-hybridized carbons (Fsp3) is 0.286. The maximum atomic E-state index is 12.5. The van der Waals surface area contributed by atoms with Crippen LogP contribution < -0.4 is 0 Å². The Balaban J connectivity index is 1.29. The first-order valence-corrected chi connectivity index (χ1v) is 10.2. The highest BCUT2D eigenvalue weighted by atomic mass is 32.2. The van der Waals surface area contributed by atoms with Crippen LogP contribution in [0.2, 0.25) is 0 Å². The highest BCUT2D eigenvalue weighted by Gasteiger charge is 2.28. The SMILES string of the molecule is O=C(CCSc1ccccc1)N1CCC(n2cc(-c3ccccc3)nn2)C1. The van der Waals surface area contributed by atoms with E-state index in [1.165, 1.54) is 4.90 Å². The molecule has 0 radical (unpaired) electrons. The van der Waals surface area contributed by atoms with E-state index in [-0.39, 0.29) is 11.9 Å². The van der Waals surface area contributed by atoms with Crippen LogP contribution in [0.25, 0.3) is 11.3 Å². The number of benzene rings is 2. The molecule has 3 aromatic rings. The summed E-state index contributed by atoms with van der Waals surface area (Å²) in [6.45, 7) is 1.51. The molecule has 2 aromatic carbocycles. The van der Waals surface area contributed by atoms with Gasteiger partial charge >= 0.3 is 0 Å². The first-order chi connectivity index (χ1) is 13.3. The second-order valence-corrected chi connectivity index (χ2v) is 7.81. The van der Waals surface area contributed by atoms with Gasteiger partial charge in [-0.1, -0.05) is 53.7 Å². The minimum absolute atomic E-state index is 0.209. The van der Waals surface area contributed by atoms with Crippen LogP contribution in [0.1, 0.15) is 18.9 Å². The molecule has 0 bridgehead atoms. The number of hydrogen-bond acceptors (Lipinski definition) is 4. The average Bonchev–Trinajstić information content (AvgIpc) is 3.39. The average molecular weight is 379 g/mol. The van der Waals surface area contributed by atoms with Crippen molar-refractivity contribution in [1.29, 1.82) is 0 Å². The third kappa shape index (κ3) is 4.39. The molecule has 0 N–H and O–H groups in total. The number of carbonyl (C=O) groups is 1. The predicted octanol–water partition coefficient (Wildman–Crippen LogP) is 3.90. The van der Waals surface area contributed by atoms with Crippen molar-refractivity contribution in [2.24, 2.45) is 0 Å². The fourth-order valence-corrected chi connectivity index (χ4v) is 4.17. The maximum Gasteiger partial charge on any atom is 0.223 e. The minimum Gasteiger partial charge on any atom is -0.340 e. The Kier molecular flexibility index (Phi) is 5.53. The van der Waals surface area contributed by atoms with Crippen molar-refractivity contribution < 1.29 is 4.79 Å². The quantitative estimate of drug-likeness (QED) is 0.611. The van der Waals surface area contributed by atoms with Crippen molar-refractivity contribution in [3.05, 3.63) is 66.9 Å². The molecule has 1 fully saturated rings. The second kappa shape index (κ2) is 8.39. The first-order valence-electron chi connectivity index (χ1n) is 9.22. The molecule has 1 aliphatic rings. The summed E-state index contributed by atoms with van der Waals surface area (Å²) in [5, 5.41) is 8.59. The van der Waals surface area contributed by atoms with E-state index in [0.29, 0.717) is 13.0 Å². The van der Waals surface area contributed by atoms with Crippen LogP contribution in [0.15, 0.2) is 71.8 Å². The van der Waals surface area contributed by atoms with E-state index in [0.717, 1.165) is 30.0 Å². The minimum atomic E-state index is 0.209. The molecule has 4 rings (SSSR count). The summed E-state index contributed by atoms with van der Waals surface area (Å²) < 4.78 is 1.91. The summed E-state index contributed by atoms with van der Waals surface area (Å²) in [4.78, 5) is 15.7. The number of likely N-dealkylation sites (tertiary alicyclic amines) is 1. The molecule has 1 saturated heterocycles. The lowest BCUT2D eigenvalue weighted by Gasteiger charge is -2.16. The van der Waals surface area contributed by atoms with Crippen LogP contribution in [0.4, 0.5) is 0 Å². The van der Waals surface area contributed by atoms with Crippen molar-refractivity contribution in [1.82, 2.24) is 19.9 Å². The molecule has 1 atom stereocenters. The summed E-state index contributed by atoms with van der Waals surface area (Å²) in [6, 6.07) is 20.5. The predicted molar refractivity (Wildman–Crippen MR) is 107 cm³/mol. The summed E-state index contributed by atoms with van der Waals surface area (Å²) in [6.07, 6.45) is 3.48. The molecule has 0 saturated carbocycles. The zero-order chi connectivity index (χ0) is 18.5. The van der Waals surface area contributed by atoms with Gasteiger partial charge in [0.1, 0.15) is 5.69 Å². The molecule has 138 valence electrons. The number of hydrogen-bond donors (Lipinski definition) is 0. The van der Waals surface area contributed by atoms with Crippen LogP contribution in [-0.4, -0.2) is 44.6 Å². The molecule has 0 spiro atoms. The van der Waals surface area contributed by atoms with Crippen LogP contribution >= 0.6 is 11.8 Å². The Morgan fingerprint density at radius 2 is 1.81 bits per heavy atom. The van der Waals surface area contributed by atoms with Gasteiger partial charge in [-0.05, 0) is 18.6 Å². The number of nitrogens with zero attached hydrogens (tertiary/aromatic N) is 4. The number of amides is 1. The van der Waals surface area contributed by atoms with Crippen molar-refractivity contribution in [2.45, 2.75) is 23.8 Å². The van der Waals surface area contributed by atoms with E-state index >= 15 is 0 Å². The Morgan fingerprint density at radius 1 is 1.07 bits per heavy atom. The molecule has 1 aromatic heterocycles. The van der Waals surface area contributed by atoms with Crippen LogP contribution in [0.5, 0.6) is 0 Å². The van der Waals surface area contributed by atoms with Crippen molar-refractivity contribution in [2.75, 3.05) is 18.8 Å². The Labute approximate surface area is 163 Å². The third-order valence-electron chi connectivity index (χ3n) is 4.80. The summed E-state index contributed by atoms with van der Waals surface area (Å²) in [5.41, 5.74) is 1.94. The fourth-order valence-electron chi connectivity index (χ4n) is 3.31. The summed E-state index contributed by atoms with van der Waals surface area (Å²) >= 11 is 1.73. The molecular formula is C21H22N4OS. The third-order valence-corrected chi connectivity index (χ3v) is 5.81. The van der Waals surface area contributed by atoms with Gasteiger partial charge in [0.05, 0.1) is 12.2 Å². The molecule has 1 aliphatic heterocycles. The molecule has 27 heavy (non-hydrogen) atoms. The van der Waals surface area contributed by atoms with Gasteiger partial charge in [0, 0.05) is 35.7 Å². The number of carbonyl (C=O) groups excluding carboxylic acids is 1. The Hall–Kier alpha value is -2.60. The van der Waals surface area contributed by atoms with Gasteiger partial charge < -0.3 is 4.90 Å². The number of aromatic nitrogens is 3. The van der Waals surface area contributed by atoms with Crippen LogP contribution in [0, 0.1) is 0 Å². The highest BCUT2D eigenvalue weighted by Crippen LogP contribution is 2.25. The normalized spacial score (nSPS) is 16.6. The zero-order valence-electron chi connectivity index (χ0n) is 15.1. The van der Waals surface area contributed by atoms with E-state index in [1.54, 1.807) is 11.8 Å². The number of thioether (sulfide) groups is 1. The highest BCUT2D eigenvalue weighted by molar-refractivity contribution is 7.99. The monoisotopic (exact) mass is 378 g/mol. The van der Waals surface area contributed by atoms with Gasteiger partial charge in [0.25, 0.3) is 0 Å². The van der Waals surface area contributed by atoms with Crippen LogP contribution in [-0.2, 0) is 4.79 Å². The summed E-state index contributed by atoms with van der Waals surface area (Å²) in [5.74, 6) is 1.04. The molecule has 0 aliphatic carbocycles. The topological polar surface area (TPSA) is 51.0 Å². The second-order valence-electron chi connectivity index (χ2n) is 6.64. The molecule has 1 unspecified atom stereocenters. The Morgan fingerprint density at radius 3 is 2.59 bits per heavy atom. The Bertz CT molecular complexity index is 881. The molecule has 6 heteroatoms. The largest absolute Gasteiger partial charge is 0.340 e. The van der Waals surface area contributed by atoms with Gasteiger partial charge in [0.2, 0.25) is 5.91 Å². The lowest BCUT2D eigenvalue weighted by atomic mass is 10.2. The molecular weight excluding hydrogens is 356 g/mol. The zero-order valence-corrected chi connectivity index (χ0v) is 15.9. The first kappa shape index (κ1) is 17.8. The molecule has 1 amide bonds. The van der Waals surface area contributed by atoms with E-state index in [2.05, 4.69) is 22.4 Å². The van der Waals surface area contributed by atoms with Gasteiger partial charge in [0.15, 0.2) is 0 Å². The van der Waals surface area contributed by atoms with Crippen LogP contribution in [0.3, 0.4) is 0 Å². The van der Waals surface area contributed by atoms with Gasteiger partial charge in [-0.25, -0.2) is 4.68 Å². The van der Waals surface area contributed by atoms with Crippen molar-refractivity contribution >= 4 is 17.7 Å². The lowest BCUT2D eigenvalue weighted by Crippen LogP contribution is -2.29. The summed E-state index contributed by atoms with van der Waals surface area (Å²) in [7, 11) is 0. The van der Waals surface area contributed by atoms with Gasteiger partial charge in [-0.2, -0.15) is 0 Å². The van der Waals surface area contributed by atoms with E-state index < -0.39 is 0 Å². The van der Waals surface area contributed by atoms with E-state index in [4.69, 9.17) is 0 Å². The molecule has 5 nitrogen and oxygen atoms in total. The lowest BCUT2D eigenvalue weighted by molar-refractivity contribution is -0.129. The molecule has 2 heterocycles. The standard InChI is InChI=1S/C21H22N4OS/c26-21(12-14-27-19-9-5-2-6-10-19)24-13-11-18(15-24)25-16-20(22-23-25)17-7-3-1-4-8-17/h1-10,16,18H,11-15H2.